The van der Waals surface area contributed by atoms with Gasteiger partial charge in [-0.3, -0.25) is 4.72 Å². The van der Waals surface area contributed by atoms with Crippen LogP contribution >= 0.6 is 23.2 Å². The fourth-order valence-corrected chi connectivity index (χ4v) is 3.55. The molecule has 0 aliphatic carbocycles. The molecule has 0 radical (unpaired) electrons. The van der Waals surface area contributed by atoms with Crippen LogP contribution in [0, 0.1) is 6.92 Å². The van der Waals surface area contributed by atoms with Gasteiger partial charge in [-0.15, -0.1) is 0 Å². The summed E-state index contributed by atoms with van der Waals surface area (Å²) < 4.78 is 32.6. The number of sulfonamides is 1. The van der Waals surface area contributed by atoms with Crippen LogP contribution in [0.2, 0.25) is 10.0 Å². The molecule has 0 aliphatic rings. The Morgan fingerprint density at radius 3 is 2.45 bits per heavy atom. The fraction of sp³-hybridized carbons (Fsp3) is 0.200. The average Bonchev–Trinajstić information content (AvgIpc) is 2.44. The molecule has 0 amide bonds. The first-order valence-electron chi connectivity index (χ1n) is 6.55. The number of hydrogen-bond acceptors (Lipinski definition) is 3. The average molecular weight is 360 g/mol. The van der Waals surface area contributed by atoms with Crippen molar-refractivity contribution in [1.29, 1.82) is 0 Å². The second-order valence-electron chi connectivity index (χ2n) is 4.59. The minimum atomic E-state index is -3.74. The van der Waals surface area contributed by atoms with Crippen molar-refractivity contribution >= 4 is 38.9 Å². The maximum Gasteiger partial charge on any atom is 0.261 e. The van der Waals surface area contributed by atoms with E-state index in [0.717, 1.165) is 5.56 Å². The van der Waals surface area contributed by atoms with Crippen molar-refractivity contribution in [2.24, 2.45) is 0 Å². The number of halogens is 2. The summed E-state index contributed by atoms with van der Waals surface area (Å²) in [5.74, 6) is 0.450. The second-order valence-corrected chi connectivity index (χ2v) is 7.12. The standard InChI is InChI=1S/C15H15Cl2NO3S/c1-3-21-15-7-5-12(9-13(15)17)22(19,20)18-14-6-4-11(16)8-10(14)2/h4-9,18H,3H2,1-2H3. The van der Waals surface area contributed by atoms with Gasteiger partial charge in [-0.05, 0) is 55.8 Å². The molecule has 0 aromatic heterocycles. The van der Waals surface area contributed by atoms with Crippen molar-refractivity contribution in [1.82, 2.24) is 0 Å². The van der Waals surface area contributed by atoms with Gasteiger partial charge in [0.1, 0.15) is 5.75 Å². The number of nitrogens with one attached hydrogen (secondary N) is 1. The van der Waals surface area contributed by atoms with Crippen LogP contribution in [0.3, 0.4) is 0 Å². The molecule has 2 aromatic carbocycles. The Balaban J connectivity index is 2.32. The van der Waals surface area contributed by atoms with Crippen molar-refractivity contribution in [2.75, 3.05) is 11.3 Å². The fourth-order valence-electron chi connectivity index (χ4n) is 1.87. The summed E-state index contributed by atoms with van der Waals surface area (Å²) in [5, 5.41) is 0.794. The van der Waals surface area contributed by atoms with Crippen LogP contribution < -0.4 is 9.46 Å². The van der Waals surface area contributed by atoms with Crippen LogP contribution in [-0.4, -0.2) is 15.0 Å². The van der Waals surface area contributed by atoms with Gasteiger partial charge in [-0.2, -0.15) is 0 Å². The van der Waals surface area contributed by atoms with E-state index in [9.17, 15) is 8.42 Å². The van der Waals surface area contributed by atoms with Crippen LogP contribution in [-0.2, 0) is 10.0 Å². The van der Waals surface area contributed by atoms with Crippen molar-refractivity contribution in [3.05, 3.63) is 52.0 Å². The molecule has 0 atom stereocenters. The smallest absolute Gasteiger partial charge is 0.261 e. The van der Waals surface area contributed by atoms with Crippen molar-refractivity contribution < 1.29 is 13.2 Å². The highest BCUT2D eigenvalue weighted by Crippen LogP contribution is 2.29. The number of hydrogen-bond donors (Lipinski definition) is 1. The minimum Gasteiger partial charge on any atom is -0.492 e. The molecule has 0 spiro atoms. The third kappa shape index (κ3) is 3.85. The van der Waals surface area contributed by atoms with Gasteiger partial charge in [-0.1, -0.05) is 23.2 Å². The molecular formula is C15H15Cl2NO3S. The second kappa shape index (κ2) is 6.77. The SMILES string of the molecule is CCOc1ccc(S(=O)(=O)Nc2ccc(Cl)cc2C)cc1Cl. The van der Waals surface area contributed by atoms with Crippen LogP contribution in [0.5, 0.6) is 5.75 Å². The number of aryl methyl sites for hydroxylation is 1. The number of ether oxygens (including phenoxy) is 1. The highest BCUT2D eigenvalue weighted by atomic mass is 35.5. The first-order valence-corrected chi connectivity index (χ1v) is 8.78. The van der Waals surface area contributed by atoms with Gasteiger partial charge in [0.2, 0.25) is 0 Å². The van der Waals surface area contributed by atoms with Crippen molar-refractivity contribution in [3.63, 3.8) is 0 Å². The van der Waals surface area contributed by atoms with Crippen molar-refractivity contribution in [2.45, 2.75) is 18.7 Å². The molecular weight excluding hydrogens is 345 g/mol. The predicted molar refractivity (Wildman–Crippen MR) is 89.6 cm³/mol. The van der Waals surface area contributed by atoms with Gasteiger partial charge in [0.05, 0.1) is 22.2 Å². The molecule has 1 N–H and O–H groups in total. The van der Waals surface area contributed by atoms with E-state index in [2.05, 4.69) is 4.72 Å². The zero-order valence-electron chi connectivity index (χ0n) is 12.1. The maximum absolute atomic E-state index is 12.4. The summed E-state index contributed by atoms with van der Waals surface area (Å²) in [6, 6.07) is 9.27. The van der Waals surface area contributed by atoms with E-state index in [4.69, 9.17) is 27.9 Å². The first kappa shape index (κ1) is 16.9. The summed E-state index contributed by atoms with van der Waals surface area (Å²) in [4.78, 5) is 0.0651. The lowest BCUT2D eigenvalue weighted by molar-refractivity contribution is 0.340. The molecule has 118 valence electrons. The third-order valence-corrected chi connectivity index (χ3v) is 4.84. The minimum absolute atomic E-state index is 0.0651. The van der Waals surface area contributed by atoms with Gasteiger partial charge in [0, 0.05) is 5.02 Å². The molecule has 2 rings (SSSR count). The van der Waals surface area contributed by atoms with E-state index >= 15 is 0 Å². The predicted octanol–water partition coefficient (Wildman–Crippen LogP) is 4.50. The molecule has 0 bridgehead atoms. The van der Waals surface area contributed by atoms with Gasteiger partial charge in [-0.25, -0.2) is 8.42 Å². The zero-order chi connectivity index (χ0) is 16.3. The first-order chi connectivity index (χ1) is 10.3. The summed E-state index contributed by atoms with van der Waals surface area (Å²) in [7, 11) is -3.74. The molecule has 0 saturated carbocycles. The monoisotopic (exact) mass is 359 g/mol. The molecule has 4 nitrogen and oxygen atoms in total. The third-order valence-electron chi connectivity index (χ3n) is 2.95. The van der Waals surface area contributed by atoms with E-state index < -0.39 is 10.0 Å². The van der Waals surface area contributed by atoms with Crippen LogP contribution in [0.1, 0.15) is 12.5 Å². The highest BCUT2D eigenvalue weighted by Gasteiger charge is 2.17. The Morgan fingerprint density at radius 2 is 1.86 bits per heavy atom. The van der Waals surface area contributed by atoms with Crippen LogP contribution in [0.15, 0.2) is 41.3 Å². The zero-order valence-corrected chi connectivity index (χ0v) is 14.4. The Labute approximate surface area is 140 Å². The van der Waals surface area contributed by atoms with Crippen LogP contribution in [0.25, 0.3) is 0 Å². The Hall–Kier alpha value is -1.43. The lowest BCUT2D eigenvalue weighted by atomic mass is 10.2. The number of benzene rings is 2. The van der Waals surface area contributed by atoms with Gasteiger partial charge >= 0.3 is 0 Å². The van der Waals surface area contributed by atoms with Gasteiger partial charge < -0.3 is 4.74 Å². The van der Waals surface area contributed by atoms with Crippen molar-refractivity contribution in [3.8, 4) is 5.75 Å². The largest absolute Gasteiger partial charge is 0.492 e. The number of rotatable bonds is 5. The summed E-state index contributed by atoms with van der Waals surface area (Å²) in [6.45, 7) is 4.05. The normalized spacial score (nSPS) is 11.3. The van der Waals surface area contributed by atoms with E-state index in [0.29, 0.717) is 23.1 Å². The van der Waals surface area contributed by atoms with Crippen LogP contribution in [0.4, 0.5) is 5.69 Å². The molecule has 0 heterocycles. The highest BCUT2D eigenvalue weighted by molar-refractivity contribution is 7.92. The van der Waals surface area contributed by atoms with E-state index in [1.807, 2.05) is 6.92 Å². The number of anilines is 1. The lowest BCUT2D eigenvalue weighted by Gasteiger charge is -2.12. The molecule has 0 aliphatic heterocycles. The quantitative estimate of drug-likeness (QED) is 0.854. The molecule has 0 fully saturated rings. The Kier molecular flexibility index (Phi) is 5.21. The molecule has 0 saturated heterocycles. The Bertz CT molecular complexity index is 791. The van der Waals surface area contributed by atoms with Gasteiger partial charge in [0.25, 0.3) is 10.0 Å². The molecule has 7 heteroatoms. The van der Waals surface area contributed by atoms with E-state index in [1.165, 1.54) is 18.2 Å². The van der Waals surface area contributed by atoms with E-state index in [-0.39, 0.29) is 9.92 Å². The topological polar surface area (TPSA) is 55.4 Å². The Morgan fingerprint density at radius 1 is 1.14 bits per heavy atom. The maximum atomic E-state index is 12.4. The summed E-state index contributed by atoms with van der Waals surface area (Å²) in [5.41, 5.74) is 1.20. The molecule has 0 unspecified atom stereocenters. The summed E-state index contributed by atoms with van der Waals surface area (Å²) in [6.07, 6.45) is 0. The molecule has 2 aromatic rings. The van der Waals surface area contributed by atoms with E-state index in [1.54, 1.807) is 25.1 Å². The molecule has 22 heavy (non-hydrogen) atoms. The summed E-state index contributed by atoms with van der Waals surface area (Å²) >= 11 is 11.9. The van der Waals surface area contributed by atoms with Gasteiger partial charge in [0.15, 0.2) is 0 Å². The lowest BCUT2D eigenvalue weighted by Crippen LogP contribution is -2.13.